The standard InChI is InChI=1S/C21H13ClN2O/c22-15-10-11-17-14(12-15)13-20-21(25)23(16-6-2-1-3-7-16)18-8-4-5-9-19(18)24(17)20/h1-13H. The molecule has 0 aliphatic heterocycles. The highest BCUT2D eigenvalue weighted by atomic mass is 35.5. The molecule has 0 amide bonds. The third-order valence-electron chi connectivity index (χ3n) is 4.56. The fourth-order valence-corrected chi connectivity index (χ4v) is 3.68. The van der Waals surface area contributed by atoms with Gasteiger partial charge in [-0.2, -0.15) is 0 Å². The van der Waals surface area contributed by atoms with Gasteiger partial charge in [0, 0.05) is 16.1 Å². The number of halogens is 1. The zero-order valence-corrected chi connectivity index (χ0v) is 13.9. The first-order valence-electron chi connectivity index (χ1n) is 8.04. The molecular weight excluding hydrogens is 332 g/mol. The summed E-state index contributed by atoms with van der Waals surface area (Å²) in [5, 5.41) is 1.62. The van der Waals surface area contributed by atoms with Crippen molar-refractivity contribution in [3.63, 3.8) is 0 Å². The summed E-state index contributed by atoms with van der Waals surface area (Å²) < 4.78 is 3.79. The van der Waals surface area contributed by atoms with Crippen molar-refractivity contribution in [1.82, 2.24) is 8.97 Å². The van der Waals surface area contributed by atoms with Crippen LogP contribution in [-0.4, -0.2) is 8.97 Å². The Labute approximate surface area is 148 Å². The smallest absolute Gasteiger partial charge is 0.279 e. The lowest BCUT2D eigenvalue weighted by atomic mass is 10.2. The van der Waals surface area contributed by atoms with E-state index in [1.807, 2.05) is 83.3 Å². The van der Waals surface area contributed by atoms with Gasteiger partial charge in [-0.15, -0.1) is 0 Å². The molecule has 2 heterocycles. The van der Waals surface area contributed by atoms with Gasteiger partial charge in [0.05, 0.1) is 16.6 Å². The van der Waals surface area contributed by atoms with E-state index in [1.54, 1.807) is 4.57 Å². The Morgan fingerprint density at radius 1 is 0.680 bits per heavy atom. The molecular formula is C21H13ClN2O. The molecule has 0 fully saturated rings. The molecule has 0 spiro atoms. The van der Waals surface area contributed by atoms with E-state index in [0.717, 1.165) is 27.6 Å². The Hall–Kier alpha value is -3.04. The molecule has 4 heteroatoms. The first-order chi connectivity index (χ1) is 12.2. The molecule has 120 valence electrons. The van der Waals surface area contributed by atoms with Crippen LogP contribution in [0.2, 0.25) is 5.02 Å². The van der Waals surface area contributed by atoms with Crippen molar-refractivity contribution >= 4 is 39.1 Å². The summed E-state index contributed by atoms with van der Waals surface area (Å²) in [7, 11) is 0. The average molecular weight is 345 g/mol. The molecule has 0 saturated carbocycles. The maximum Gasteiger partial charge on any atom is 0.279 e. The van der Waals surface area contributed by atoms with Crippen LogP contribution in [0, 0.1) is 0 Å². The highest BCUT2D eigenvalue weighted by molar-refractivity contribution is 6.31. The van der Waals surface area contributed by atoms with Crippen molar-refractivity contribution in [2.75, 3.05) is 0 Å². The lowest BCUT2D eigenvalue weighted by Crippen LogP contribution is -2.21. The summed E-state index contributed by atoms with van der Waals surface area (Å²) >= 11 is 6.14. The first kappa shape index (κ1) is 14.3. The van der Waals surface area contributed by atoms with E-state index in [2.05, 4.69) is 0 Å². The second-order valence-corrected chi connectivity index (χ2v) is 6.47. The van der Waals surface area contributed by atoms with Gasteiger partial charge in [0.25, 0.3) is 5.56 Å². The molecule has 0 atom stereocenters. The SMILES string of the molecule is O=c1c2cc3cc(Cl)ccc3n2c2ccccc2n1-c1ccccc1. The fourth-order valence-electron chi connectivity index (χ4n) is 3.50. The predicted octanol–water partition coefficient (Wildman–Crippen LogP) is 5.05. The summed E-state index contributed by atoms with van der Waals surface area (Å²) in [6.45, 7) is 0. The minimum atomic E-state index is -0.0442. The van der Waals surface area contributed by atoms with Crippen molar-refractivity contribution in [3.8, 4) is 5.69 Å². The van der Waals surface area contributed by atoms with E-state index in [0.29, 0.717) is 10.5 Å². The van der Waals surface area contributed by atoms with Gasteiger partial charge in [0.2, 0.25) is 0 Å². The first-order valence-corrected chi connectivity index (χ1v) is 8.42. The van der Waals surface area contributed by atoms with Crippen molar-refractivity contribution in [2.24, 2.45) is 0 Å². The van der Waals surface area contributed by atoms with Crippen LogP contribution in [-0.2, 0) is 0 Å². The molecule has 25 heavy (non-hydrogen) atoms. The van der Waals surface area contributed by atoms with E-state index >= 15 is 0 Å². The number of nitrogens with zero attached hydrogens (tertiary/aromatic N) is 2. The van der Waals surface area contributed by atoms with Gasteiger partial charge in [-0.3, -0.25) is 9.36 Å². The van der Waals surface area contributed by atoms with Crippen LogP contribution in [0.4, 0.5) is 0 Å². The van der Waals surface area contributed by atoms with Crippen LogP contribution in [0.25, 0.3) is 33.1 Å². The topological polar surface area (TPSA) is 26.4 Å². The molecule has 5 aromatic rings. The van der Waals surface area contributed by atoms with Gasteiger partial charge in [-0.05, 0) is 48.5 Å². The minimum absolute atomic E-state index is 0.0442. The summed E-state index contributed by atoms with van der Waals surface area (Å²) in [5.74, 6) is 0. The summed E-state index contributed by atoms with van der Waals surface area (Å²) in [4.78, 5) is 13.3. The quantitative estimate of drug-likeness (QED) is 0.418. The Morgan fingerprint density at radius 3 is 2.20 bits per heavy atom. The number of hydrogen-bond acceptors (Lipinski definition) is 1. The normalized spacial score (nSPS) is 11.6. The molecule has 0 N–H and O–H groups in total. The molecule has 2 aromatic heterocycles. The van der Waals surface area contributed by atoms with Gasteiger partial charge in [-0.25, -0.2) is 0 Å². The molecule has 0 saturated heterocycles. The summed E-state index contributed by atoms with van der Waals surface area (Å²) in [5.41, 5.74) is 4.29. The number of hydrogen-bond donors (Lipinski definition) is 0. The van der Waals surface area contributed by atoms with Crippen LogP contribution < -0.4 is 5.56 Å². The largest absolute Gasteiger partial charge is 0.303 e. The highest BCUT2D eigenvalue weighted by Crippen LogP contribution is 2.27. The molecule has 5 rings (SSSR count). The summed E-state index contributed by atoms with van der Waals surface area (Å²) in [6, 6.07) is 25.3. The third kappa shape index (κ3) is 2.03. The Kier molecular flexibility index (Phi) is 2.99. The van der Waals surface area contributed by atoms with Crippen LogP contribution >= 0.6 is 11.6 Å². The maximum absolute atomic E-state index is 13.3. The van der Waals surface area contributed by atoms with E-state index in [4.69, 9.17) is 11.6 Å². The van der Waals surface area contributed by atoms with Gasteiger partial charge in [0.15, 0.2) is 0 Å². The third-order valence-corrected chi connectivity index (χ3v) is 4.80. The van der Waals surface area contributed by atoms with Crippen LogP contribution in [0.5, 0.6) is 0 Å². The Bertz CT molecular complexity index is 1320. The minimum Gasteiger partial charge on any atom is -0.303 e. The number of para-hydroxylation sites is 3. The van der Waals surface area contributed by atoms with Gasteiger partial charge in [0.1, 0.15) is 5.52 Å². The molecule has 0 radical (unpaired) electrons. The fraction of sp³-hybridized carbons (Fsp3) is 0. The van der Waals surface area contributed by atoms with Gasteiger partial charge < -0.3 is 4.40 Å². The average Bonchev–Trinajstić information content (AvgIpc) is 3.02. The van der Waals surface area contributed by atoms with Crippen LogP contribution in [0.1, 0.15) is 0 Å². The molecule has 0 aliphatic rings. The molecule has 3 nitrogen and oxygen atoms in total. The molecule has 0 bridgehead atoms. The zero-order chi connectivity index (χ0) is 17.0. The van der Waals surface area contributed by atoms with E-state index in [-0.39, 0.29) is 5.56 Å². The lowest BCUT2D eigenvalue weighted by Gasteiger charge is -2.13. The predicted molar refractivity (Wildman–Crippen MR) is 103 cm³/mol. The molecule has 0 aliphatic carbocycles. The van der Waals surface area contributed by atoms with Crippen molar-refractivity contribution in [2.45, 2.75) is 0 Å². The molecule has 0 unspecified atom stereocenters. The van der Waals surface area contributed by atoms with Crippen LogP contribution in [0.3, 0.4) is 0 Å². The number of fused-ring (bicyclic) bond motifs is 5. The van der Waals surface area contributed by atoms with Gasteiger partial charge in [-0.1, -0.05) is 41.9 Å². The Morgan fingerprint density at radius 2 is 1.40 bits per heavy atom. The van der Waals surface area contributed by atoms with E-state index in [1.165, 1.54) is 0 Å². The van der Waals surface area contributed by atoms with E-state index < -0.39 is 0 Å². The van der Waals surface area contributed by atoms with Crippen molar-refractivity contribution in [3.05, 3.63) is 94.2 Å². The van der Waals surface area contributed by atoms with Crippen molar-refractivity contribution in [1.29, 1.82) is 0 Å². The number of benzene rings is 3. The monoisotopic (exact) mass is 344 g/mol. The van der Waals surface area contributed by atoms with Crippen LogP contribution in [0.15, 0.2) is 83.7 Å². The molecule has 3 aromatic carbocycles. The van der Waals surface area contributed by atoms with Gasteiger partial charge >= 0.3 is 0 Å². The van der Waals surface area contributed by atoms with Crippen molar-refractivity contribution < 1.29 is 0 Å². The number of aromatic nitrogens is 2. The second-order valence-electron chi connectivity index (χ2n) is 6.03. The van der Waals surface area contributed by atoms with E-state index in [9.17, 15) is 4.79 Å². The highest BCUT2D eigenvalue weighted by Gasteiger charge is 2.15. The second kappa shape index (κ2) is 5.23. The Balaban J connectivity index is 2.07. The zero-order valence-electron chi connectivity index (χ0n) is 13.2. The lowest BCUT2D eigenvalue weighted by molar-refractivity contribution is 1.03. The number of rotatable bonds is 1. The maximum atomic E-state index is 13.3. The summed E-state index contributed by atoms with van der Waals surface area (Å²) in [6.07, 6.45) is 0.